The molecule has 0 bridgehead atoms. The van der Waals surface area contributed by atoms with Gasteiger partial charge in [0, 0.05) is 16.2 Å². The largest absolute Gasteiger partial charge is 0.510 e. The molecule has 0 saturated heterocycles. The minimum atomic E-state index is -0.656. The van der Waals surface area contributed by atoms with Crippen molar-refractivity contribution in [2.75, 3.05) is 7.11 Å². The molecule has 1 aromatic carbocycles. The minimum absolute atomic E-state index is 0.162. The summed E-state index contributed by atoms with van der Waals surface area (Å²) in [4.78, 5) is 11.4. The third-order valence-corrected chi connectivity index (χ3v) is 4.05. The normalized spacial score (nSPS) is 20.7. The Balaban J connectivity index is 2.75. The third kappa shape index (κ3) is 2.65. The van der Waals surface area contributed by atoms with Gasteiger partial charge in [-0.05, 0) is 38.0 Å². The molecule has 114 valence electrons. The van der Waals surface area contributed by atoms with Gasteiger partial charge in [0.05, 0.1) is 18.7 Å². The molecule has 2 N–H and O–H groups in total. The van der Waals surface area contributed by atoms with Crippen molar-refractivity contribution in [3.8, 4) is 5.75 Å². The summed E-state index contributed by atoms with van der Waals surface area (Å²) in [5.41, 5.74) is 1.60. The zero-order valence-electron chi connectivity index (χ0n) is 12.7. The molecule has 2 rings (SSSR count). The van der Waals surface area contributed by atoms with Gasteiger partial charge < -0.3 is 14.6 Å². The van der Waals surface area contributed by atoms with E-state index in [1.807, 2.05) is 26.8 Å². The number of aliphatic hydroxyl groups is 1. The monoisotopic (exact) mass is 309 g/mol. The van der Waals surface area contributed by atoms with Crippen LogP contribution < -0.4 is 10.1 Å². The van der Waals surface area contributed by atoms with Crippen LogP contribution >= 0.6 is 11.6 Å². The van der Waals surface area contributed by atoms with Gasteiger partial charge in [-0.2, -0.15) is 0 Å². The van der Waals surface area contributed by atoms with E-state index < -0.39 is 11.6 Å². The molecular formula is C16H20ClNO3. The van der Waals surface area contributed by atoms with Crippen molar-refractivity contribution in [3.63, 3.8) is 0 Å². The Kier molecular flexibility index (Phi) is 4.30. The molecule has 5 heteroatoms. The Labute approximate surface area is 129 Å². The quantitative estimate of drug-likeness (QED) is 0.839. The molecule has 1 aliphatic rings. The summed E-state index contributed by atoms with van der Waals surface area (Å²) >= 11 is 6.11. The lowest BCUT2D eigenvalue weighted by molar-refractivity contribution is -0.108. The van der Waals surface area contributed by atoms with Gasteiger partial charge in [0.2, 0.25) is 0 Å². The van der Waals surface area contributed by atoms with Crippen LogP contribution in [0.4, 0.5) is 0 Å². The molecule has 4 nitrogen and oxygen atoms in total. The van der Waals surface area contributed by atoms with Crippen molar-refractivity contribution in [1.82, 2.24) is 5.32 Å². The van der Waals surface area contributed by atoms with E-state index in [4.69, 9.17) is 16.3 Å². The second-order valence-electron chi connectivity index (χ2n) is 5.64. The summed E-state index contributed by atoms with van der Waals surface area (Å²) in [6, 6.07) is 2.97. The van der Waals surface area contributed by atoms with Gasteiger partial charge in [0.15, 0.2) is 0 Å². The van der Waals surface area contributed by atoms with Crippen LogP contribution in [0.1, 0.15) is 31.9 Å². The number of methoxy groups -OCH3 is 1. The standard InChI is InChI=1S/C16H20ClNO3/c1-5-9-6-10(17)7-12(21-4)13(9)14-11(8-19)18-16(2,3)15(14)20/h6-8,11,18,20H,5H2,1-4H3. The molecule has 0 spiro atoms. The molecule has 0 radical (unpaired) electrons. The summed E-state index contributed by atoms with van der Waals surface area (Å²) in [5.74, 6) is 0.724. The van der Waals surface area contributed by atoms with E-state index in [1.165, 1.54) is 0 Å². The number of hydrogen-bond acceptors (Lipinski definition) is 4. The predicted molar refractivity (Wildman–Crippen MR) is 84.0 cm³/mol. The highest BCUT2D eigenvalue weighted by Gasteiger charge is 2.41. The van der Waals surface area contributed by atoms with E-state index in [0.717, 1.165) is 23.8 Å². The van der Waals surface area contributed by atoms with Crippen molar-refractivity contribution in [2.24, 2.45) is 0 Å². The SMILES string of the molecule is CCc1cc(Cl)cc(OC)c1C1=C(O)C(C)(C)NC1C=O. The maximum absolute atomic E-state index is 11.4. The fraction of sp³-hybridized carbons (Fsp3) is 0.438. The lowest BCUT2D eigenvalue weighted by Gasteiger charge is -2.19. The number of aliphatic hydroxyl groups excluding tert-OH is 1. The second-order valence-corrected chi connectivity index (χ2v) is 6.08. The number of ether oxygens (including phenoxy) is 1. The molecule has 21 heavy (non-hydrogen) atoms. The fourth-order valence-corrected chi connectivity index (χ4v) is 3.00. The van der Waals surface area contributed by atoms with Gasteiger partial charge in [0.1, 0.15) is 17.8 Å². The van der Waals surface area contributed by atoms with Crippen LogP contribution in [0.3, 0.4) is 0 Å². The van der Waals surface area contributed by atoms with E-state index in [-0.39, 0.29) is 5.76 Å². The molecule has 1 aliphatic heterocycles. The van der Waals surface area contributed by atoms with Crippen molar-refractivity contribution in [3.05, 3.63) is 34.0 Å². The van der Waals surface area contributed by atoms with Gasteiger partial charge in [-0.1, -0.05) is 18.5 Å². The highest BCUT2D eigenvalue weighted by atomic mass is 35.5. The van der Waals surface area contributed by atoms with Crippen molar-refractivity contribution < 1.29 is 14.6 Å². The Hall–Kier alpha value is -1.52. The van der Waals surface area contributed by atoms with Crippen molar-refractivity contribution in [1.29, 1.82) is 0 Å². The van der Waals surface area contributed by atoms with E-state index in [1.54, 1.807) is 13.2 Å². The minimum Gasteiger partial charge on any atom is -0.510 e. The van der Waals surface area contributed by atoms with Crippen LogP contribution in [0.15, 0.2) is 17.9 Å². The van der Waals surface area contributed by atoms with Gasteiger partial charge in [-0.25, -0.2) is 0 Å². The van der Waals surface area contributed by atoms with Crippen molar-refractivity contribution in [2.45, 2.75) is 38.8 Å². The molecule has 0 amide bonds. The van der Waals surface area contributed by atoms with E-state index >= 15 is 0 Å². The number of carbonyl (C=O) groups excluding carboxylic acids is 1. The average Bonchev–Trinajstić information content (AvgIpc) is 2.68. The van der Waals surface area contributed by atoms with E-state index in [9.17, 15) is 9.90 Å². The first-order valence-corrected chi connectivity index (χ1v) is 7.26. The summed E-state index contributed by atoms with van der Waals surface area (Å²) < 4.78 is 5.42. The number of rotatable bonds is 4. The Morgan fingerprint density at radius 2 is 2.14 bits per heavy atom. The molecule has 0 fully saturated rings. The molecule has 0 aromatic heterocycles. The van der Waals surface area contributed by atoms with Crippen molar-refractivity contribution >= 4 is 23.5 Å². The van der Waals surface area contributed by atoms with E-state index in [0.29, 0.717) is 16.3 Å². The maximum Gasteiger partial charge on any atom is 0.141 e. The second kappa shape index (κ2) is 5.70. The van der Waals surface area contributed by atoms with Crippen LogP contribution in [0.25, 0.3) is 5.57 Å². The topological polar surface area (TPSA) is 58.6 Å². The predicted octanol–water partition coefficient (Wildman–Crippen LogP) is 3.13. The summed E-state index contributed by atoms with van der Waals surface area (Å²) in [5, 5.41) is 14.2. The van der Waals surface area contributed by atoms with Gasteiger partial charge >= 0.3 is 0 Å². The Morgan fingerprint density at radius 3 is 2.67 bits per heavy atom. The Morgan fingerprint density at radius 1 is 1.48 bits per heavy atom. The number of benzene rings is 1. The molecule has 1 aromatic rings. The van der Waals surface area contributed by atoms with Crippen LogP contribution in [-0.2, 0) is 11.2 Å². The number of aldehydes is 1. The first-order valence-electron chi connectivity index (χ1n) is 6.89. The van der Waals surface area contributed by atoms with Crippen LogP contribution in [-0.4, -0.2) is 30.1 Å². The summed E-state index contributed by atoms with van der Waals surface area (Å²) in [6.45, 7) is 5.66. The average molecular weight is 310 g/mol. The number of nitrogens with one attached hydrogen (secondary N) is 1. The smallest absolute Gasteiger partial charge is 0.141 e. The van der Waals surface area contributed by atoms with Gasteiger partial charge in [-0.3, -0.25) is 5.32 Å². The summed E-state index contributed by atoms with van der Waals surface area (Å²) in [7, 11) is 1.55. The molecule has 0 aliphatic carbocycles. The highest BCUT2D eigenvalue weighted by Crippen LogP contribution is 2.41. The number of carbonyl (C=O) groups is 1. The molecular weight excluding hydrogens is 290 g/mol. The fourth-order valence-electron chi connectivity index (χ4n) is 2.77. The maximum atomic E-state index is 11.4. The molecule has 1 unspecified atom stereocenters. The number of halogens is 1. The van der Waals surface area contributed by atoms with Crippen LogP contribution in [0, 0.1) is 0 Å². The number of aryl methyl sites for hydroxylation is 1. The van der Waals surface area contributed by atoms with Crippen LogP contribution in [0.5, 0.6) is 5.75 Å². The zero-order valence-corrected chi connectivity index (χ0v) is 13.4. The molecule has 1 atom stereocenters. The first kappa shape index (κ1) is 15.9. The van der Waals surface area contributed by atoms with Crippen LogP contribution in [0.2, 0.25) is 5.02 Å². The van der Waals surface area contributed by atoms with Gasteiger partial charge in [0.25, 0.3) is 0 Å². The Bertz CT molecular complexity index is 583. The lowest BCUT2D eigenvalue weighted by atomic mass is 9.91. The molecule has 1 heterocycles. The molecule has 0 saturated carbocycles. The lowest BCUT2D eigenvalue weighted by Crippen LogP contribution is -2.41. The third-order valence-electron chi connectivity index (χ3n) is 3.83. The summed E-state index contributed by atoms with van der Waals surface area (Å²) in [6.07, 6.45) is 1.52. The highest BCUT2D eigenvalue weighted by molar-refractivity contribution is 6.30. The van der Waals surface area contributed by atoms with E-state index in [2.05, 4.69) is 5.32 Å². The van der Waals surface area contributed by atoms with Gasteiger partial charge in [-0.15, -0.1) is 0 Å². The zero-order chi connectivity index (χ0) is 15.8. The number of hydrogen-bond donors (Lipinski definition) is 2. The first-order chi connectivity index (χ1) is 9.85.